The lowest BCUT2D eigenvalue weighted by Crippen LogP contribution is -2.48. The van der Waals surface area contributed by atoms with Gasteiger partial charge in [-0.15, -0.1) is 0 Å². The number of carbonyl (C=O) groups is 2. The molecule has 0 saturated heterocycles. The van der Waals surface area contributed by atoms with E-state index in [2.05, 4.69) is 10.6 Å². The van der Waals surface area contributed by atoms with Crippen molar-refractivity contribution in [1.29, 1.82) is 0 Å². The maximum absolute atomic E-state index is 12.9. The van der Waals surface area contributed by atoms with E-state index in [0.29, 0.717) is 17.5 Å². The number of rotatable bonds is 8. The highest BCUT2D eigenvalue weighted by Crippen LogP contribution is 2.27. The second-order valence-electron chi connectivity index (χ2n) is 7.62. The maximum atomic E-state index is 12.9. The van der Waals surface area contributed by atoms with E-state index in [1.54, 1.807) is 6.07 Å². The maximum Gasteiger partial charge on any atom is 0.252 e. The lowest BCUT2D eigenvalue weighted by atomic mass is 10.0. The summed E-state index contributed by atoms with van der Waals surface area (Å²) < 4.78 is 0. The Bertz CT molecular complexity index is 1210. The van der Waals surface area contributed by atoms with Crippen LogP contribution in [0.25, 0.3) is 0 Å². The van der Waals surface area contributed by atoms with Crippen LogP contribution in [-0.4, -0.2) is 55.0 Å². The van der Waals surface area contributed by atoms with E-state index in [0.717, 1.165) is 12.1 Å². The minimum Gasteiger partial charge on any atom is -0.504 e. The Morgan fingerprint density at radius 3 is 1.79 bits per heavy atom. The quantitative estimate of drug-likeness (QED) is 0.230. The fraction of sp³-hybridized carbons (Fsp3) is 0.167. The van der Waals surface area contributed by atoms with Crippen molar-refractivity contribution in [2.45, 2.75) is 18.9 Å². The Morgan fingerprint density at radius 2 is 1.21 bits per heavy atom. The van der Waals surface area contributed by atoms with Gasteiger partial charge >= 0.3 is 0 Å². The summed E-state index contributed by atoms with van der Waals surface area (Å²) in [5, 5.41) is 62.6. The molecule has 0 aliphatic heterocycles. The Hall–Kier alpha value is -4.60. The van der Waals surface area contributed by atoms with Crippen LogP contribution < -0.4 is 10.6 Å². The van der Waals surface area contributed by atoms with E-state index in [1.165, 1.54) is 36.4 Å². The molecule has 2 amide bonds. The molecule has 0 aliphatic rings. The average Bonchev–Trinajstić information content (AvgIpc) is 2.79. The van der Waals surface area contributed by atoms with Gasteiger partial charge in [-0.2, -0.15) is 0 Å². The van der Waals surface area contributed by atoms with Crippen molar-refractivity contribution in [3.8, 4) is 34.5 Å². The van der Waals surface area contributed by atoms with Gasteiger partial charge in [-0.1, -0.05) is 12.1 Å². The summed E-state index contributed by atoms with van der Waals surface area (Å²) in [5.41, 5.74) is 1.15. The zero-order valence-corrected chi connectivity index (χ0v) is 17.9. The van der Waals surface area contributed by atoms with Gasteiger partial charge < -0.3 is 41.3 Å². The topological polar surface area (TPSA) is 180 Å². The van der Waals surface area contributed by atoms with E-state index in [9.17, 15) is 40.2 Å². The number of carbonyl (C=O) groups excluding carboxylic acids is 2. The third-order valence-electron chi connectivity index (χ3n) is 5.09. The molecule has 0 unspecified atom stereocenters. The predicted octanol–water partition coefficient (Wildman–Crippen LogP) is 1.62. The standard InChI is InChI=1S/C24H24N2O8/c27-17-4-1-13(10-20(17)30)7-8-25-24(34)16(9-14-2-5-18(28)21(31)11-14)26-23(33)15-3-6-19(29)22(32)12-15/h1-6,10-12,16,27-32H,7-9H2,(H,25,34)(H,26,33)/t16-/m0/s1. The van der Waals surface area contributed by atoms with Crippen LogP contribution in [0.5, 0.6) is 34.5 Å². The molecule has 0 fully saturated rings. The van der Waals surface area contributed by atoms with Crippen molar-refractivity contribution < 1.29 is 40.2 Å². The second-order valence-corrected chi connectivity index (χ2v) is 7.62. The number of amides is 2. The fourth-order valence-corrected chi connectivity index (χ4v) is 3.22. The Labute approximate surface area is 194 Å². The van der Waals surface area contributed by atoms with E-state index in [-0.39, 0.29) is 41.5 Å². The van der Waals surface area contributed by atoms with Crippen LogP contribution in [0, 0.1) is 0 Å². The Kier molecular flexibility index (Phi) is 7.32. The molecule has 0 spiro atoms. The van der Waals surface area contributed by atoms with Crippen LogP contribution in [0.1, 0.15) is 21.5 Å². The third kappa shape index (κ3) is 6.00. The van der Waals surface area contributed by atoms with Gasteiger partial charge in [0.1, 0.15) is 6.04 Å². The number of phenols is 6. The molecule has 3 aromatic carbocycles. The molecule has 34 heavy (non-hydrogen) atoms. The number of nitrogens with one attached hydrogen (secondary N) is 2. The van der Waals surface area contributed by atoms with Gasteiger partial charge in [0.05, 0.1) is 0 Å². The van der Waals surface area contributed by atoms with Crippen molar-refractivity contribution in [2.24, 2.45) is 0 Å². The van der Waals surface area contributed by atoms with Crippen LogP contribution in [0.3, 0.4) is 0 Å². The molecule has 3 rings (SSSR count). The summed E-state index contributed by atoms with van der Waals surface area (Å²) in [6.45, 7) is 0.163. The molecule has 178 valence electrons. The number of benzene rings is 3. The lowest BCUT2D eigenvalue weighted by Gasteiger charge is -2.19. The summed E-state index contributed by atoms with van der Waals surface area (Å²) in [6, 6.07) is 10.7. The zero-order valence-electron chi connectivity index (χ0n) is 17.9. The summed E-state index contributed by atoms with van der Waals surface area (Å²) >= 11 is 0. The number of hydrogen-bond donors (Lipinski definition) is 8. The molecule has 1 atom stereocenters. The highest BCUT2D eigenvalue weighted by atomic mass is 16.3. The molecule has 0 radical (unpaired) electrons. The van der Waals surface area contributed by atoms with Crippen LogP contribution in [0.15, 0.2) is 54.6 Å². The van der Waals surface area contributed by atoms with Crippen LogP contribution >= 0.6 is 0 Å². The number of hydrogen-bond acceptors (Lipinski definition) is 8. The van der Waals surface area contributed by atoms with Crippen LogP contribution in [0.2, 0.25) is 0 Å². The number of phenolic OH excluding ortho intramolecular Hbond substituents is 6. The van der Waals surface area contributed by atoms with Gasteiger partial charge in [-0.25, -0.2) is 0 Å². The highest BCUT2D eigenvalue weighted by Gasteiger charge is 2.23. The minimum atomic E-state index is -1.08. The molecule has 0 aromatic heterocycles. The van der Waals surface area contributed by atoms with E-state index in [1.807, 2.05) is 0 Å². The van der Waals surface area contributed by atoms with Crippen molar-refractivity contribution in [2.75, 3.05) is 6.54 Å². The highest BCUT2D eigenvalue weighted by molar-refractivity contribution is 5.98. The van der Waals surface area contributed by atoms with Crippen molar-refractivity contribution in [3.63, 3.8) is 0 Å². The van der Waals surface area contributed by atoms with Crippen LogP contribution in [-0.2, 0) is 17.6 Å². The smallest absolute Gasteiger partial charge is 0.252 e. The van der Waals surface area contributed by atoms with Gasteiger partial charge in [0.2, 0.25) is 5.91 Å². The van der Waals surface area contributed by atoms with E-state index < -0.39 is 29.4 Å². The average molecular weight is 468 g/mol. The molecule has 0 heterocycles. The normalized spacial score (nSPS) is 11.5. The Morgan fingerprint density at radius 1 is 0.676 bits per heavy atom. The first kappa shape index (κ1) is 24.1. The van der Waals surface area contributed by atoms with Crippen molar-refractivity contribution in [3.05, 3.63) is 71.3 Å². The molecule has 10 heteroatoms. The summed E-state index contributed by atoms with van der Waals surface area (Å²) in [4.78, 5) is 25.6. The van der Waals surface area contributed by atoms with Gasteiger partial charge in [-0.3, -0.25) is 9.59 Å². The molecule has 0 aliphatic carbocycles. The molecule has 3 aromatic rings. The first-order valence-electron chi connectivity index (χ1n) is 10.3. The van der Waals surface area contributed by atoms with Gasteiger partial charge in [0.15, 0.2) is 34.5 Å². The first-order chi connectivity index (χ1) is 16.1. The summed E-state index contributed by atoms with van der Waals surface area (Å²) in [5.74, 6) is -3.34. The largest absolute Gasteiger partial charge is 0.504 e. The predicted molar refractivity (Wildman–Crippen MR) is 121 cm³/mol. The van der Waals surface area contributed by atoms with E-state index >= 15 is 0 Å². The summed E-state index contributed by atoms with van der Waals surface area (Å²) in [7, 11) is 0. The molecule has 0 bridgehead atoms. The second kappa shape index (κ2) is 10.3. The molecule has 0 saturated carbocycles. The zero-order chi connectivity index (χ0) is 24.8. The molecule has 8 N–H and O–H groups in total. The summed E-state index contributed by atoms with van der Waals surface area (Å²) in [6.07, 6.45) is 0.321. The molecule has 10 nitrogen and oxygen atoms in total. The Balaban J connectivity index is 1.73. The molecular formula is C24H24N2O8. The van der Waals surface area contributed by atoms with Crippen molar-refractivity contribution >= 4 is 11.8 Å². The molecular weight excluding hydrogens is 444 g/mol. The first-order valence-corrected chi connectivity index (χ1v) is 10.3. The third-order valence-corrected chi connectivity index (χ3v) is 5.09. The number of aromatic hydroxyl groups is 6. The van der Waals surface area contributed by atoms with E-state index in [4.69, 9.17) is 0 Å². The van der Waals surface area contributed by atoms with Gasteiger partial charge in [0.25, 0.3) is 5.91 Å². The van der Waals surface area contributed by atoms with Crippen molar-refractivity contribution in [1.82, 2.24) is 10.6 Å². The van der Waals surface area contributed by atoms with Gasteiger partial charge in [0, 0.05) is 18.5 Å². The SMILES string of the molecule is O=C(N[C@@H](Cc1ccc(O)c(O)c1)C(=O)NCCc1ccc(O)c(O)c1)c1ccc(O)c(O)c1. The lowest BCUT2D eigenvalue weighted by molar-refractivity contribution is -0.122. The monoisotopic (exact) mass is 468 g/mol. The van der Waals surface area contributed by atoms with Crippen LogP contribution in [0.4, 0.5) is 0 Å². The van der Waals surface area contributed by atoms with Gasteiger partial charge in [-0.05, 0) is 60.0 Å². The fourth-order valence-electron chi connectivity index (χ4n) is 3.22. The minimum absolute atomic E-state index is 0.0150.